The smallest absolute Gasteiger partial charge is 0.200 e. The summed E-state index contributed by atoms with van der Waals surface area (Å²) < 4.78 is 0. The molecule has 0 aromatic heterocycles. The van der Waals surface area contributed by atoms with Gasteiger partial charge in [-0.1, -0.05) is 36.4 Å². The van der Waals surface area contributed by atoms with Crippen LogP contribution < -0.4 is 5.32 Å². The summed E-state index contributed by atoms with van der Waals surface area (Å²) in [5.74, 6) is -0.0784. The average molecular weight is 340 g/mol. The molecule has 2 heterocycles. The van der Waals surface area contributed by atoms with Gasteiger partial charge < -0.3 is 10.4 Å². The lowest BCUT2D eigenvalue weighted by atomic mass is 9.86. The predicted molar refractivity (Wildman–Crippen MR) is 102 cm³/mol. The molecular weight excluding hydrogens is 324 g/mol. The van der Waals surface area contributed by atoms with Gasteiger partial charge in [-0.2, -0.15) is 0 Å². The topological polar surface area (TPSA) is 61.7 Å². The van der Waals surface area contributed by atoms with Crippen molar-refractivity contribution < 1.29 is 9.90 Å². The zero-order chi connectivity index (χ0) is 17.7. The number of ketones is 1. The number of nitrogens with one attached hydrogen (secondary N) is 1. The van der Waals surface area contributed by atoms with E-state index in [1.54, 1.807) is 12.2 Å². The molecule has 3 aliphatic rings. The van der Waals surface area contributed by atoms with E-state index in [0.717, 1.165) is 34.8 Å². The van der Waals surface area contributed by atoms with Crippen LogP contribution in [0.1, 0.15) is 11.1 Å². The number of hydrogen-bond donors (Lipinski definition) is 2. The third kappa shape index (κ3) is 2.30. The van der Waals surface area contributed by atoms with Gasteiger partial charge in [-0.25, -0.2) is 0 Å². The van der Waals surface area contributed by atoms with Crippen molar-refractivity contribution in [3.63, 3.8) is 0 Å². The minimum atomic E-state index is -0.133. The molecule has 0 unspecified atom stereocenters. The fourth-order valence-corrected chi connectivity index (χ4v) is 3.60. The van der Waals surface area contributed by atoms with Crippen molar-refractivity contribution >= 4 is 22.9 Å². The Hall–Kier alpha value is -3.40. The Bertz CT molecular complexity index is 1060. The second kappa shape index (κ2) is 5.56. The number of aliphatic hydroxyl groups excluding tert-OH is 1. The second-order valence-electron chi connectivity index (χ2n) is 6.69. The van der Waals surface area contributed by atoms with E-state index in [9.17, 15) is 9.90 Å². The van der Waals surface area contributed by atoms with Crippen molar-refractivity contribution in [2.75, 3.05) is 5.32 Å². The minimum Gasteiger partial charge on any atom is -0.506 e. The number of para-hydroxylation sites is 2. The number of allylic oxidation sites excluding steroid dienone is 5. The Balaban J connectivity index is 1.39. The highest BCUT2D eigenvalue weighted by Crippen LogP contribution is 2.35. The Morgan fingerprint density at radius 1 is 0.962 bits per heavy atom. The van der Waals surface area contributed by atoms with Gasteiger partial charge in [0.05, 0.1) is 16.8 Å². The van der Waals surface area contributed by atoms with Crippen LogP contribution in [0.5, 0.6) is 0 Å². The van der Waals surface area contributed by atoms with Gasteiger partial charge in [0, 0.05) is 29.9 Å². The number of fused-ring (bicyclic) bond motifs is 2. The third-order valence-electron chi connectivity index (χ3n) is 4.95. The molecule has 0 bridgehead atoms. The van der Waals surface area contributed by atoms with Gasteiger partial charge in [-0.3, -0.25) is 9.79 Å². The highest BCUT2D eigenvalue weighted by Gasteiger charge is 2.33. The lowest BCUT2D eigenvalue weighted by Gasteiger charge is -2.19. The van der Waals surface area contributed by atoms with Crippen LogP contribution in [0.15, 0.2) is 88.3 Å². The van der Waals surface area contributed by atoms with E-state index in [-0.39, 0.29) is 11.5 Å². The van der Waals surface area contributed by atoms with Gasteiger partial charge in [-0.05, 0) is 35.4 Å². The normalized spacial score (nSPS) is 20.8. The Kier molecular flexibility index (Phi) is 3.19. The number of aliphatic imine (C=N–C) groups is 1. The first-order valence-electron chi connectivity index (χ1n) is 8.60. The number of carbonyl (C=O) groups excluding carboxylic acids is 1. The molecular formula is C22H16N2O2. The first-order valence-corrected chi connectivity index (χ1v) is 8.60. The lowest BCUT2D eigenvalue weighted by molar-refractivity contribution is -0.113. The molecule has 2 aliphatic heterocycles. The van der Waals surface area contributed by atoms with E-state index >= 15 is 0 Å². The lowest BCUT2D eigenvalue weighted by Crippen LogP contribution is -2.22. The molecule has 2 N–H and O–H groups in total. The van der Waals surface area contributed by atoms with Crippen molar-refractivity contribution in [3.8, 4) is 0 Å². The van der Waals surface area contributed by atoms with Crippen LogP contribution in [-0.4, -0.2) is 16.6 Å². The van der Waals surface area contributed by atoms with Crippen LogP contribution in [0.25, 0.3) is 0 Å². The Labute approximate surface area is 150 Å². The molecule has 2 aromatic carbocycles. The number of hydrogen-bond acceptors (Lipinski definition) is 4. The summed E-state index contributed by atoms with van der Waals surface area (Å²) in [6.45, 7) is 0. The monoisotopic (exact) mass is 340 g/mol. The number of rotatable bonds is 2. The zero-order valence-electron chi connectivity index (χ0n) is 14.0. The van der Waals surface area contributed by atoms with Crippen molar-refractivity contribution in [2.24, 2.45) is 4.99 Å². The van der Waals surface area contributed by atoms with Gasteiger partial charge in [0.1, 0.15) is 5.76 Å². The first kappa shape index (κ1) is 14.9. The van der Waals surface area contributed by atoms with Gasteiger partial charge >= 0.3 is 0 Å². The van der Waals surface area contributed by atoms with E-state index in [4.69, 9.17) is 0 Å². The van der Waals surface area contributed by atoms with E-state index < -0.39 is 0 Å². The van der Waals surface area contributed by atoms with Crippen molar-refractivity contribution in [1.82, 2.24) is 0 Å². The van der Waals surface area contributed by atoms with E-state index in [1.165, 1.54) is 5.56 Å². The molecule has 2 aromatic rings. The molecule has 0 saturated heterocycles. The largest absolute Gasteiger partial charge is 0.506 e. The number of nitrogens with zero attached hydrogens (tertiary/aromatic N) is 1. The van der Waals surface area contributed by atoms with Crippen molar-refractivity contribution in [3.05, 3.63) is 94.4 Å². The third-order valence-corrected chi connectivity index (χ3v) is 4.95. The molecule has 26 heavy (non-hydrogen) atoms. The van der Waals surface area contributed by atoms with Crippen LogP contribution in [0, 0.1) is 0 Å². The number of Topliss-reactive ketones (excluding diaryl/α,β-unsaturated/α-hetero) is 1. The number of benzene rings is 2. The van der Waals surface area contributed by atoms with Crippen LogP contribution in [0.3, 0.4) is 0 Å². The van der Waals surface area contributed by atoms with E-state index in [0.29, 0.717) is 17.6 Å². The summed E-state index contributed by atoms with van der Waals surface area (Å²) in [5.41, 5.74) is 6.76. The number of aliphatic hydroxyl groups is 1. The molecule has 1 aliphatic carbocycles. The van der Waals surface area contributed by atoms with Gasteiger partial charge in [-0.15, -0.1) is 0 Å². The maximum atomic E-state index is 12.5. The molecule has 0 atom stereocenters. The van der Waals surface area contributed by atoms with E-state index in [2.05, 4.69) is 16.4 Å². The number of carbonyl (C=O) groups is 1. The van der Waals surface area contributed by atoms with Crippen LogP contribution in [0.2, 0.25) is 0 Å². The maximum absolute atomic E-state index is 12.5. The zero-order valence-corrected chi connectivity index (χ0v) is 14.0. The molecule has 0 spiro atoms. The fourth-order valence-electron chi connectivity index (χ4n) is 3.60. The van der Waals surface area contributed by atoms with Crippen LogP contribution >= 0.6 is 0 Å². The summed E-state index contributed by atoms with van der Waals surface area (Å²) in [7, 11) is 0. The molecule has 126 valence electrons. The van der Waals surface area contributed by atoms with E-state index in [1.807, 2.05) is 42.5 Å². The fraction of sp³-hybridized carbons (Fsp3) is 0.0909. The Morgan fingerprint density at radius 3 is 2.50 bits per heavy atom. The molecule has 5 rings (SSSR count). The van der Waals surface area contributed by atoms with Gasteiger partial charge in [0.15, 0.2) is 0 Å². The molecule has 0 saturated carbocycles. The standard InChI is InChI=1S/C22H16N2O2/c25-21-17(11-15-9-13-5-1-3-7-19(13)23-15)22(26)18(21)12-16-10-14-6-2-4-8-20(14)24-16/h1-8,11-12,23,25H,9-10H2/b15-11+,18-12-. The highest BCUT2D eigenvalue weighted by atomic mass is 16.3. The van der Waals surface area contributed by atoms with Gasteiger partial charge in [0.25, 0.3) is 0 Å². The number of anilines is 1. The summed E-state index contributed by atoms with van der Waals surface area (Å²) >= 11 is 0. The van der Waals surface area contributed by atoms with Gasteiger partial charge in [0.2, 0.25) is 5.78 Å². The summed E-state index contributed by atoms with van der Waals surface area (Å²) in [5, 5.41) is 13.7. The quantitative estimate of drug-likeness (QED) is 0.806. The maximum Gasteiger partial charge on any atom is 0.200 e. The summed E-state index contributed by atoms with van der Waals surface area (Å²) in [6.07, 6.45) is 4.88. The first-order chi connectivity index (χ1) is 12.7. The molecule has 4 heteroatoms. The van der Waals surface area contributed by atoms with Crippen LogP contribution in [-0.2, 0) is 17.6 Å². The average Bonchev–Trinajstić information content (AvgIpc) is 3.26. The highest BCUT2D eigenvalue weighted by molar-refractivity contribution is 6.24. The molecule has 0 radical (unpaired) electrons. The SMILES string of the molecule is O=C1C(/C=C2\Cc3ccccc3N2)=C(O)C/1=C/C1=Nc2ccccc2C1. The van der Waals surface area contributed by atoms with Crippen molar-refractivity contribution in [1.29, 1.82) is 0 Å². The second-order valence-corrected chi connectivity index (χ2v) is 6.69. The predicted octanol–water partition coefficient (Wildman–Crippen LogP) is 4.19. The molecule has 0 fully saturated rings. The molecule has 0 amide bonds. The van der Waals surface area contributed by atoms with Crippen molar-refractivity contribution in [2.45, 2.75) is 12.8 Å². The van der Waals surface area contributed by atoms with Crippen LogP contribution in [0.4, 0.5) is 11.4 Å². The Morgan fingerprint density at radius 2 is 1.73 bits per heavy atom. The summed E-state index contributed by atoms with van der Waals surface area (Å²) in [6, 6.07) is 15.9. The molecule has 4 nitrogen and oxygen atoms in total. The minimum absolute atomic E-state index is 0.0545. The summed E-state index contributed by atoms with van der Waals surface area (Å²) in [4.78, 5) is 17.0.